The molecule has 0 aliphatic heterocycles. The molecule has 0 unspecified atom stereocenters. The number of aromatic nitrogens is 4. The molecule has 1 amide bonds. The molecule has 0 aliphatic carbocycles. The SMILES string of the molecule is Cc1nnc(SCC(=O)N(C(C)C)C(C)C)c2c1cnn2-c1ccc(F)cc1. The molecular formula is C20H24FN5OS. The minimum absolute atomic E-state index is 0.0540. The highest BCUT2D eigenvalue weighted by molar-refractivity contribution is 8.00. The third kappa shape index (κ3) is 4.01. The third-order valence-electron chi connectivity index (χ3n) is 4.46. The van der Waals surface area contributed by atoms with Gasteiger partial charge in [0.15, 0.2) is 0 Å². The number of thioether (sulfide) groups is 1. The Balaban J connectivity index is 1.95. The number of halogens is 1. The van der Waals surface area contributed by atoms with Crippen LogP contribution in [0.4, 0.5) is 4.39 Å². The number of nitrogens with zero attached hydrogens (tertiary/aromatic N) is 5. The molecule has 3 aromatic rings. The Morgan fingerprint density at radius 1 is 1.14 bits per heavy atom. The van der Waals surface area contributed by atoms with Crippen LogP contribution in [0.5, 0.6) is 0 Å². The molecule has 148 valence electrons. The first-order chi connectivity index (χ1) is 13.3. The normalized spacial score (nSPS) is 11.6. The van der Waals surface area contributed by atoms with Gasteiger partial charge in [-0.2, -0.15) is 10.2 Å². The number of hydrogen-bond donors (Lipinski definition) is 0. The summed E-state index contributed by atoms with van der Waals surface area (Å²) in [5.41, 5.74) is 2.26. The van der Waals surface area contributed by atoms with Gasteiger partial charge in [0, 0.05) is 17.5 Å². The van der Waals surface area contributed by atoms with Gasteiger partial charge < -0.3 is 4.90 Å². The lowest BCUT2D eigenvalue weighted by Crippen LogP contribution is -2.43. The fourth-order valence-corrected chi connectivity index (χ4v) is 4.13. The molecule has 0 radical (unpaired) electrons. The van der Waals surface area contributed by atoms with Crippen LogP contribution in [0.1, 0.15) is 33.4 Å². The highest BCUT2D eigenvalue weighted by Crippen LogP contribution is 2.29. The van der Waals surface area contributed by atoms with Gasteiger partial charge in [-0.3, -0.25) is 4.79 Å². The zero-order valence-electron chi connectivity index (χ0n) is 16.7. The fourth-order valence-electron chi connectivity index (χ4n) is 3.29. The largest absolute Gasteiger partial charge is 0.337 e. The Bertz CT molecular complexity index is 976. The number of amides is 1. The Morgan fingerprint density at radius 2 is 1.79 bits per heavy atom. The number of rotatable bonds is 6. The van der Waals surface area contributed by atoms with Gasteiger partial charge in [-0.15, -0.1) is 5.10 Å². The van der Waals surface area contributed by atoms with Crippen molar-refractivity contribution in [2.45, 2.75) is 51.7 Å². The van der Waals surface area contributed by atoms with Gasteiger partial charge in [0.2, 0.25) is 5.91 Å². The van der Waals surface area contributed by atoms with E-state index in [1.807, 2.05) is 39.5 Å². The summed E-state index contributed by atoms with van der Waals surface area (Å²) in [4.78, 5) is 14.6. The quantitative estimate of drug-likeness (QED) is 0.584. The summed E-state index contributed by atoms with van der Waals surface area (Å²) in [6, 6.07) is 6.37. The van der Waals surface area contributed by atoms with E-state index in [9.17, 15) is 9.18 Å². The molecule has 0 fully saturated rings. The molecule has 28 heavy (non-hydrogen) atoms. The summed E-state index contributed by atoms with van der Waals surface area (Å²) in [7, 11) is 0. The zero-order valence-corrected chi connectivity index (χ0v) is 17.5. The van der Waals surface area contributed by atoms with Crippen LogP contribution in [0.25, 0.3) is 16.6 Å². The average Bonchev–Trinajstić information content (AvgIpc) is 3.07. The van der Waals surface area contributed by atoms with Crippen LogP contribution in [0.2, 0.25) is 0 Å². The first-order valence-electron chi connectivity index (χ1n) is 9.20. The number of hydrogen-bond acceptors (Lipinski definition) is 5. The molecule has 6 nitrogen and oxygen atoms in total. The molecule has 0 bridgehead atoms. The minimum atomic E-state index is -0.307. The molecule has 3 rings (SSSR count). The number of benzene rings is 1. The highest BCUT2D eigenvalue weighted by Gasteiger charge is 2.22. The van der Waals surface area contributed by atoms with Crippen molar-refractivity contribution in [2.24, 2.45) is 0 Å². The minimum Gasteiger partial charge on any atom is -0.337 e. The molecule has 1 aromatic carbocycles. The van der Waals surface area contributed by atoms with E-state index in [0.29, 0.717) is 5.03 Å². The number of carbonyl (C=O) groups is 1. The lowest BCUT2D eigenvalue weighted by molar-refractivity contribution is -0.131. The van der Waals surface area contributed by atoms with Gasteiger partial charge in [-0.25, -0.2) is 9.07 Å². The van der Waals surface area contributed by atoms with E-state index in [0.717, 1.165) is 22.3 Å². The maximum atomic E-state index is 13.3. The first kappa shape index (κ1) is 20.3. The van der Waals surface area contributed by atoms with Crippen molar-refractivity contribution in [1.82, 2.24) is 24.9 Å². The number of aryl methyl sites for hydroxylation is 1. The second-order valence-corrected chi connectivity index (χ2v) is 8.13. The van der Waals surface area contributed by atoms with Crippen molar-refractivity contribution < 1.29 is 9.18 Å². The van der Waals surface area contributed by atoms with E-state index < -0.39 is 0 Å². The van der Waals surface area contributed by atoms with Gasteiger partial charge in [0.25, 0.3) is 0 Å². The molecule has 0 atom stereocenters. The summed E-state index contributed by atoms with van der Waals surface area (Å²) in [5.74, 6) is 0.00913. The van der Waals surface area contributed by atoms with E-state index in [-0.39, 0.29) is 29.6 Å². The fraction of sp³-hybridized carbons (Fsp3) is 0.400. The predicted molar refractivity (Wildman–Crippen MR) is 109 cm³/mol. The van der Waals surface area contributed by atoms with Crippen molar-refractivity contribution in [1.29, 1.82) is 0 Å². The first-order valence-corrected chi connectivity index (χ1v) is 10.2. The molecule has 0 aliphatic rings. The summed E-state index contributed by atoms with van der Waals surface area (Å²) in [6.07, 6.45) is 1.73. The Labute approximate surface area is 168 Å². The molecule has 2 aromatic heterocycles. The van der Waals surface area contributed by atoms with Gasteiger partial charge in [-0.1, -0.05) is 11.8 Å². The van der Waals surface area contributed by atoms with E-state index >= 15 is 0 Å². The van der Waals surface area contributed by atoms with Crippen molar-refractivity contribution in [2.75, 3.05) is 5.75 Å². The Kier molecular flexibility index (Phi) is 5.98. The molecule has 0 saturated carbocycles. The van der Waals surface area contributed by atoms with Gasteiger partial charge in [-0.05, 0) is 58.9 Å². The summed E-state index contributed by atoms with van der Waals surface area (Å²) >= 11 is 1.35. The van der Waals surface area contributed by atoms with Crippen LogP contribution in [0.3, 0.4) is 0 Å². The molecular weight excluding hydrogens is 377 g/mol. The zero-order chi connectivity index (χ0) is 20.4. The molecule has 0 saturated heterocycles. The molecule has 0 spiro atoms. The van der Waals surface area contributed by atoms with Crippen LogP contribution in [0.15, 0.2) is 35.5 Å². The molecule has 8 heteroatoms. The number of fused-ring (bicyclic) bond motifs is 1. The van der Waals surface area contributed by atoms with E-state index in [4.69, 9.17) is 0 Å². The van der Waals surface area contributed by atoms with Crippen LogP contribution < -0.4 is 0 Å². The Morgan fingerprint density at radius 3 is 2.39 bits per heavy atom. The summed E-state index contributed by atoms with van der Waals surface area (Å²) < 4.78 is 15.0. The maximum Gasteiger partial charge on any atom is 0.233 e. The standard InChI is InChI=1S/C20H24FN5OS/c1-12(2)25(13(3)4)18(27)11-28-20-19-17(14(5)23-24-20)10-22-26(19)16-8-6-15(21)7-9-16/h6-10,12-13H,11H2,1-5H3. The summed E-state index contributed by atoms with van der Waals surface area (Å²) in [6.45, 7) is 9.91. The van der Waals surface area contributed by atoms with Crippen LogP contribution in [-0.4, -0.2) is 48.6 Å². The second kappa shape index (κ2) is 8.26. The van der Waals surface area contributed by atoms with Crippen LogP contribution >= 0.6 is 11.8 Å². The maximum absolute atomic E-state index is 13.3. The van der Waals surface area contributed by atoms with Crippen molar-refractivity contribution in [3.8, 4) is 5.69 Å². The predicted octanol–water partition coefficient (Wildman–Crippen LogP) is 4.00. The van der Waals surface area contributed by atoms with Crippen LogP contribution in [0, 0.1) is 12.7 Å². The Hall–Kier alpha value is -2.48. The average molecular weight is 402 g/mol. The van der Waals surface area contributed by atoms with Gasteiger partial charge in [0.1, 0.15) is 16.4 Å². The van der Waals surface area contributed by atoms with Gasteiger partial charge in [0.05, 0.1) is 23.3 Å². The second-order valence-electron chi connectivity index (χ2n) is 7.16. The number of carbonyl (C=O) groups excluding carboxylic acids is 1. The van der Waals surface area contributed by atoms with Crippen molar-refractivity contribution >= 4 is 28.6 Å². The summed E-state index contributed by atoms with van der Waals surface area (Å²) in [5, 5.41) is 14.5. The third-order valence-corrected chi connectivity index (χ3v) is 5.40. The lowest BCUT2D eigenvalue weighted by atomic mass is 10.2. The lowest BCUT2D eigenvalue weighted by Gasteiger charge is -2.30. The monoisotopic (exact) mass is 401 g/mol. The van der Waals surface area contributed by atoms with E-state index in [2.05, 4.69) is 15.3 Å². The molecule has 2 heterocycles. The molecule has 0 N–H and O–H groups in total. The topological polar surface area (TPSA) is 63.9 Å². The smallest absolute Gasteiger partial charge is 0.233 e. The van der Waals surface area contributed by atoms with Gasteiger partial charge >= 0.3 is 0 Å². The highest BCUT2D eigenvalue weighted by atomic mass is 32.2. The van der Waals surface area contributed by atoms with Crippen molar-refractivity contribution in [3.63, 3.8) is 0 Å². The van der Waals surface area contributed by atoms with E-state index in [1.54, 1.807) is 23.0 Å². The van der Waals surface area contributed by atoms with Crippen molar-refractivity contribution in [3.05, 3.63) is 42.0 Å². The van der Waals surface area contributed by atoms with E-state index in [1.165, 1.54) is 23.9 Å². The van der Waals surface area contributed by atoms with Crippen LogP contribution in [-0.2, 0) is 4.79 Å².